The Bertz CT molecular complexity index is 1270. The van der Waals surface area contributed by atoms with Gasteiger partial charge in [0.15, 0.2) is 12.0 Å². The lowest BCUT2D eigenvalue weighted by atomic mass is 9.52. The lowest BCUT2D eigenvalue weighted by Crippen LogP contribution is -2.75. The topological polar surface area (TPSA) is 33.3 Å². The van der Waals surface area contributed by atoms with Crippen LogP contribution in [0, 0.1) is 0 Å². The fourth-order valence-corrected chi connectivity index (χ4v) is 6.04. The molecule has 4 heteroatoms. The Labute approximate surface area is 183 Å². The van der Waals surface area contributed by atoms with Crippen molar-refractivity contribution in [3.8, 4) is 11.3 Å². The minimum absolute atomic E-state index is 0.0195. The Morgan fingerprint density at radius 1 is 1.03 bits per heavy atom. The minimum atomic E-state index is -0.647. The molecule has 3 nitrogen and oxygen atoms in total. The van der Waals surface area contributed by atoms with Crippen molar-refractivity contribution in [1.82, 2.24) is 0 Å². The summed E-state index contributed by atoms with van der Waals surface area (Å²) in [5.74, 6) is 0.926. The van der Waals surface area contributed by atoms with E-state index in [4.69, 9.17) is 17.4 Å². The molecule has 2 heterocycles. The molecule has 0 saturated heterocycles. The molecule has 2 aliphatic rings. The number of thiol groups is 1. The van der Waals surface area contributed by atoms with Gasteiger partial charge in [0.05, 0.1) is 17.6 Å². The number of hydrogen-bond acceptors (Lipinski definition) is 3. The number of nitrogens with zero attached hydrogens (tertiary/aromatic N) is 1. The van der Waals surface area contributed by atoms with Gasteiger partial charge in [0.2, 0.25) is 17.0 Å². The van der Waals surface area contributed by atoms with Gasteiger partial charge in [-0.2, -0.15) is 4.57 Å². The molecular formula is C26H28NO2S+. The normalized spacial score (nSPS) is 24.8. The number of allylic oxidation sites excluding steroid dienone is 2. The van der Waals surface area contributed by atoms with Crippen molar-refractivity contribution in [2.45, 2.75) is 55.9 Å². The second-order valence-electron chi connectivity index (χ2n) is 9.83. The summed E-state index contributed by atoms with van der Waals surface area (Å²) in [7, 11) is 1.65. The van der Waals surface area contributed by atoms with Gasteiger partial charge in [0.25, 0.3) is 0 Å². The molecule has 0 fully saturated rings. The predicted octanol–water partition coefficient (Wildman–Crippen LogP) is 5.80. The maximum atomic E-state index is 11.2. The largest absolute Gasteiger partial charge is 0.503 e. The Morgan fingerprint density at radius 3 is 2.33 bits per heavy atom. The summed E-state index contributed by atoms with van der Waals surface area (Å²) in [6.45, 7) is 11.1. The van der Waals surface area contributed by atoms with Crippen LogP contribution in [0.3, 0.4) is 0 Å². The first-order chi connectivity index (χ1) is 14.1. The van der Waals surface area contributed by atoms with Crippen LogP contribution in [-0.4, -0.2) is 12.2 Å². The Balaban J connectivity index is 2.06. The monoisotopic (exact) mass is 418 g/mol. The highest BCUT2D eigenvalue weighted by atomic mass is 32.1. The third-order valence-corrected chi connectivity index (χ3v) is 7.73. The Kier molecular flexibility index (Phi) is 3.78. The van der Waals surface area contributed by atoms with Gasteiger partial charge in [0.1, 0.15) is 5.41 Å². The summed E-state index contributed by atoms with van der Waals surface area (Å²) in [5.41, 5.74) is 3.53. The highest BCUT2D eigenvalue weighted by Gasteiger charge is 2.73. The molecule has 1 aliphatic heterocycles. The van der Waals surface area contributed by atoms with E-state index in [1.165, 1.54) is 21.9 Å². The first-order valence-corrected chi connectivity index (χ1v) is 10.8. The van der Waals surface area contributed by atoms with Crippen LogP contribution < -0.4 is 4.57 Å². The lowest BCUT2D eigenvalue weighted by molar-refractivity contribution is -0.764. The van der Waals surface area contributed by atoms with E-state index >= 15 is 0 Å². The van der Waals surface area contributed by atoms with Crippen LogP contribution in [0.5, 0.6) is 0 Å². The van der Waals surface area contributed by atoms with Gasteiger partial charge >= 0.3 is 0 Å². The van der Waals surface area contributed by atoms with Gasteiger partial charge in [-0.15, -0.1) is 12.6 Å². The molecule has 3 aromatic rings. The van der Waals surface area contributed by atoms with E-state index in [9.17, 15) is 5.11 Å². The number of methoxy groups -OCH3 is 1. The Morgan fingerprint density at radius 2 is 1.70 bits per heavy atom. The van der Waals surface area contributed by atoms with Crippen LogP contribution in [0.15, 0.2) is 65.1 Å². The first kappa shape index (κ1) is 19.5. The van der Waals surface area contributed by atoms with Crippen LogP contribution in [0.25, 0.3) is 22.0 Å². The molecule has 0 bridgehead atoms. The summed E-state index contributed by atoms with van der Waals surface area (Å²) in [6, 6.07) is 15.0. The minimum Gasteiger partial charge on any atom is -0.503 e. The molecule has 0 amide bonds. The van der Waals surface area contributed by atoms with Crippen LogP contribution in [0.4, 0.5) is 0 Å². The van der Waals surface area contributed by atoms with Gasteiger partial charge in [-0.1, -0.05) is 45.0 Å². The van der Waals surface area contributed by atoms with Gasteiger partial charge < -0.3 is 9.84 Å². The van der Waals surface area contributed by atoms with E-state index in [1.807, 2.05) is 18.3 Å². The molecule has 1 aromatic heterocycles. The molecule has 5 rings (SSSR count). The van der Waals surface area contributed by atoms with Gasteiger partial charge in [0, 0.05) is 13.0 Å². The van der Waals surface area contributed by atoms with Crippen molar-refractivity contribution >= 4 is 23.4 Å². The number of ether oxygens (including phenoxy) is 1. The number of benzene rings is 2. The van der Waals surface area contributed by atoms with Crippen LogP contribution >= 0.6 is 12.6 Å². The molecule has 0 spiro atoms. The molecular weight excluding hydrogens is 390 g/mol. The number of aromatic nitrogens is 1. The maximum Gasteiger partial charge on any atom is 0.241 e. The number of aliphatic hydroxyl groups excluding tert-OH is 1. The average molecular weight is 419 g/mol. The summed E-state index contributed by atoms with van der Waals surface area (Å²) < 4.78 is 7.96. The number of rotatable bonds is 1. The summed E-state index contributed by atoms with van der Waals surface area (Å²) in [4.78, 5) is 0.899. The van der Waals surface area contributed by atoms with E-state index in [2.05, 4.69) is 69.5 Å². The quantitative estimate of drug-likeness (QED) is 0.387. The SMILES string of the molecule is COC1=C(O)C2(C)[n+]3cccc(S)c3-c3cc(C(C)(C)C)c4ccccc4c3C12C. The van der Waals surface area contributed by atoms with Crippen molar-refractivity contribution in [3.63, 3.8) is 0 Å². The second kappa shape index (κ2) is 5.82. The standard InChI is InChI=1S/C26H27NO2S/c1-24(2,3)18-14-17-20(16-11-8-7-10-15(16)18)25(4)23(29-6)22(28)26(25,5)27-13-9-12-19(30)21(17)27/h7-14H,1-6H3,(H-,28,30)/p+1. The van der Waals surface area contributed by atoms with E-state index in [-0.39, 0.29) is 11.2 Å². The summed E-state index contributed by atoms with van der Waals surface area (Å²) >= 11 is 4.85. The number of fused-ring (bicyclic) bond motifs is 8. The van der Waals surface area contributed by atoms with Crippen molar-refractivity contribution in [2.75, 3.05) is 7.11 Å². The van der Waals surface area contributed by atoms with E-state index in [0.29, 0.717) is 5.76 Å². The van der Waals surface area contributed by atoms with Gasteiger partial charge in [-0.3, -0.25) is 0 Å². The molecule has 154 valence electrons. The fraction of sp³-hybridized carbons (Fsp3) is 0.346. The predicted molar refractivity (Wildman–Crippen MR) is 123 cm³/mol. The lowest BCUT2D eigenvalue weighted by Gasteiger charge is -2.53. The van der Waals surface area contributed by atoms with Gasteiger partial charge in [-0.25, -0.2) is 0 Å². The number of pyridine rings is 1. The molecule has 2 aromatic carbocycles. The van der Waals surface area contributed by atoms with E-state index in [1.54, 1.807) is 7.11 Å². The molecule has 1 N–H and O–H groups in total. The van der Waals surface area contributed by atoms with Crippen LogP contribution in [-0.2, 0) is 21.1 Å². The Hall–Kier alpha value is -2.46. The second-order valence-corrected chi connectivity index (χ2v) is 10.3. The molecule has 1 aliphatic carbocycles. The molecule has 0 saturated carbocycles. The van der Waals surface area contributed by atoms with Crippen LogP contribution in [0.1, 0.15) is 45.7 Å². The summed E-state index contributed by atoms with van der Waals surface area (Å²) in [5, 5.41) is 13.6. The third kappa shape index (κ3) is 2.01. The first-order valence-electron chi connectivity index (χ1n) is 10.4. The molecule has 2 atom stereocenters. The molecule has 0 radical (unpaired) electrons. The smallest absolute Gasteiger partial charge is 0.241 e. The summed E-state index contributed by atoms with van der Waals surface area (Å²) in [6.07, 6.45) is 2.05. The highest BCUT2D eigenvalue weighted by molar-refractivity contribution is 7.80. The van der Waals surface area contributed by atoms with Gasteiger partial charge in [-0.05, 0) is 46.4 Å². The third-order valence-electron chi connectivity index (χ3n) is 7.37. The zero-order chi connectivity index (χ0) is 21.6. The highest BCUT2D eigenvalue weighted by Crippen LogP contribution is 2.62. The maximum absolute atomic E-state index is 11.2. The molecule has 2 unspecified atom stereocenters. The van der Waals surface area contributed by atoms with Crippen LogP contribution in [0.2, 0.25) is 0 Å². The zero-order valence-electron chi connectivity index (χ0n) is 18.4. The van der Waals surface area contributed by atoms with Crippen molar-refractivity contribution < 1.29 is 14.4 Å². The van der Waals surface area contributed by atoms with Crippen molar-refractivity contribution in [2.24, 2.45) is 0 Å². The number of aliphatic hydroxyl groups is 1. The molecule has 30 heavy (non-hydrogen) atoms. The number of hydrogen-bond donors (Lipinski definition) is 2. The zero-order valence-corrected chi connectivity index (χ0v) is 19.3. The van der Waals surface area contributed by atoms with Crippen molar-refractivity contribution in [3.05, 3.63) is 71.3 Å². The van der Waals surface area contributed by atoms with Crippen molar-refractivity contribution in [1.29, 1.82) is 0 Å². The fourth-order valence-electron chi connectivity index (χ4n) is 5.72. The van der Waals surface area contributed by atoms with E-state index in [0.717, 1.165) is 16.2 Å². The van der Waals surface area contributed by atoms with E-state index < -0.39 is 11.0 Å². The average Bonchev–Trinajstić information content (AvgIpc) is 2.70.